The Balaban J connectivity index is 2.22. The first-order valence-corrected chi connectivity index (χ1v) is 8.18. The Morgan fingerprint density at radius 3 is 2.38 bits per heavy atom. The lowest BCUT2D eigenvalue weighted by atomic mass is 9.84. The van der Waals surface area contributed by atoms with E-state index in [1.54, 1.807) is 0 Å². The van der Waals surface area contributed by atoms with E-state index in [9.17, 15) is 25.5 Å². The van der Waals surface area contributed by atoms with Gasteiger partial charge in [0, 0.05) is 32.3 Å². The fourth-order valence-electron chi connectivity index (χ4n) is 3.30. The summed E-state index contributed by atoms with van der Waals surface area (Å²) < 4.78 is 21.6. The van der Waals surface area contributed by atoms with Crippen LogP contribution in [0.1, 0.15) is 6.42 Å². The van der Waals surface area contributed by atoms with Gasteiger partial charge in [-0.3, -0.25) is 0 Å². The number of hydrogen-bond acceptors (Lipinski definition) is 10. The van der Waals surface area contributed by atoms with E-state index in [1.165, 1.54) is 14.2 Å². The molecule has 148 valence electrons. The third-order valence-electron chi connectivity index (χ3n) is 4.79. The van der Waals surface area contributed by atoms with Gasteiger partial charge in [-0.15, -0.1) is 0 Å². The summed E-state index contributed by atoms with van der Waals surface area (Å²) in [5.74, 6) is 0. The zero-order chi connectivity index (χ0) is 19.4. The molecule has 0 amide bonds. The number of nitriles is 1. The second kappa shape index (κ2) is 9.18. The van der Waals surface area contributed by atoms with Crippen LogP contribution in [0.25, 0.3) is 0 Å². The van der Waals surface area contributed by atoms with E-state index in [0.29, 0.717) is 0 Å². The van der Waals surface area contributed by atoms with Crippen LogP contribution >= 0.6 is 0 Å². The minimum absolute atomic E-state index is 0.189. The van der Waals surface area contributed by atoms with E-state index < -0.39 is 61.7 Å². The third-order valence-corrected chi connectivity index (χ3v) is 4.79. The molecule has 1 saturated heterocycles. The lowest BCUT2D eigenvalue weighted by molar-refractivity contribution is -0.312. The molecule has 2 aliphatic rings. The van der Waals surface area contributed by atoms with Gasteiger partial charge in [-0.25, -0.2) is 0 Å². The summed E-state index contributed by atoms with van der Waals surface area (Å²) in [4.78, 5) is 0. The van der Waals surface area contributed by atoms with Gasteiger partial charge in [-0.05, 0) is 0 Å². The molecule has 0 aromatic carbocycles. The highest BCUT2D eigenvalue weighted by Gasteiger charge is 2.48. The number of aliphatic hydroxyl groups is 5. The van der Waals surface area contributed by atoms with Gasteiger partial charge in [0.25, 0.3) is 0 Å². The fourth-order valence-corrected chi connectivity index (χ4v) is 3.30. The largest absolute Gasteiger partial charge is 0.394 e. The van der Waals surface area contributed by atoms with Crippen molar-refractivity contribution >= 4 is 0 Å². The molecule has 2 rings (SSSR count). The van der Waals surface area contributed by atoms with Gasteiger partial charge in [-0.2, -0.15) is 5.26 Å². The standard InChI is InChI=1S/C16H25NO9/c1-23-9-5-8(7(3-4-17)11(19)15(9)24-2)25-16-14(22)13(21)12(20)10(6-18)26-16/h3,8-16,18-22H,5-6H2,1-2H3/t8?,9?,10-,11?,12-,13+,14-,15?,16-/m1/s1. The molecule has 9 atom stereocenters. The topological polar surface area (TPSA) is 162 Å². The Kier molecular flexibility index (Phi) is 7.48. The maximum atomic E-state index is 10.5. The molecule has 0 bridgehead atoms. The predicted octanol–water partition coefficient (Wildman–Crippen LogP) is -2.58. The minimum atomic E-state index is -1.59. The molecular weight excluding hydrogens is 350 g/mol. The number of aliphatic hydroxyl groups excluding tert-OH is 5. The maximum Gasteiger partial charge on any atom is 0.187 e. The van der Waals surface area contributed by atoms with Crippen LogP contribution in [0.15, 0.2) is 11.6 Å². The van der Waals surface area contributed by atoms with Crippen molar-refractivity contribution in [2.75, 3.05) is 20.8 Å². The second-order valence-electron chi connectivity index (χ2n) is 6.25. The van der Waals surface area contributed by atoms with Gasteiger partial charge in [0.1, 0.15) is 36.6 Å². The van der Waals surface area contributed by atoms with Crippen LogP contribution in [-0.2, 0) is 18.9 Å². The zero-order valence-electron chi connectivity index (χ0n) is 14.5. The second-order valence-corrected chi connectivity index (χ2v) is 6.25. The molecule has 0 radical (unpaired) electrons. The Bertz CT molecular complexity index is 534. The van der Waals surface area contributed by atoms with Crippen LogP contribution in [0, 0.1) is 11.3 Å². The van der Waals surface area contributed by atoms with Crippen molar-refractivity contribution in [3.05, 3.63) is 11.6 Å². The number of ether oxygens (including phenoxy) is 4. The maximum absolute atomic E-state index is 10.5. The van der Waals surface area contributed by atoms with Gasteiger partial charge in [0.15, 0.2) is 6.29 Å². The lowest BCUT2D eigenvalue weighted by Gasteiger charge is -2.44. The van der Waals surface area contributed by atoms with Gasteiger partial charge >= 0.3 is 0 Å². The number of methoxy groups -OCH3 is 2. The fraction of sp³-hybridized carbons (Fsp3) is 0.812. The third kappa shape index (κ3) is 4.07. The Labute approximate surface area is 150 Å². The monoisotopic (exact) mass is 375 g/mol. The molecule has 1 aliphatic heterocycles. The van der Waals surface area contributed by atoms with E-state index in [1.807, 2.05) is 6.07 Å². The average Bonchev–Trinajstić information content (AvgIpc) is 2.64. The zero-order valence-corrected chi connectivity index (χ0v) is 14.5. The van der Waals surface area contributed by atoms with E-state index in [0.717, 1.165) is 6.08 Å². The molecule has 1 aliphatic carbocycles. The first-order chi connectivity index (χ1) is 12.4. The normalized spacial score (nSPS) is 45.5. The summed E-state index contributed by atoms with van der Waals surface area (Å²) >= 11 is 0. The minimum Gasteiger partial charge on any atom is -0.394 e. The quantitative estimate of drug-likeness (QED) is 0.323. The van der Waals surface area contributed by atoms with Gasteiger partial charge in [0.2, 0.25) is 0 Å². The number of rotatable bonds is 5. The smallest absolute Gasteiger partial charge is 0.187 e. The van der Waals surface area contributed by atoms with Crippen LogP contribution in [0.2, 0.25) is 0 Å². The van der Waals surface area contributed by atoms with Crippen molar-refractivity contribution in [2.24, 2.45) is 0 Å². The lowest BCUT2D eigenvalue weighted by Crippen LogP contribution is -2.60. The highest BCUT2D eigenvalue weighted by Crippen LogP contribution is 2.33. The summed E-state index contributed by atoms with van der Waals surface area (Å²) in [6.07, 6.45) is -9.22. The number of nitrogens with zero attached hydrogens (tertiary/aromatic N) is 1. The molecule has 10 nitrogen and oxygen atoms in total. The highest BCUT2D eigenvalue weighted by atomic mass is 16.7. The van der Waals surface area contributed by atoms with E-state index in [4.69, 9.17) is 24.2 Å². The number of hydrogen-bond donors (Lipinski definition) is 5. The molecule has 4 unspecified atom stereocenters. The summed E-state index contributed by atoms with van der Waals surface area (Å²) in [7, 11) is 2.84. The highest BCUT2D eigenvalue weighted by molar-refractivity contribution is 5.26. The van der Waals surface area contributed by atoms with Crippen LogP contribution in [0.5, 0.6) is 0 Å². The average molecular weight is 375 g/mol. The van der Waals surface area contributed by atoms with Gasteiger partial charge in [-0.1, -0.05) is 0 Å². The number of allylic oxidation sites excluding steroid dienone is 1. The summed E-state index contributed by atoms with van der Waals surface area (Å²) in [6.45, 7) is -0.592. The predicted molar refractivity (Wildman–Crippen MR) is 84.6 cm³/mol. The van der Waals surface area contributed by atoms with Crippen molar-refractivity contribution in [3.63, 3.8) is 0 Å². The molecule has 2 fully saturated rings. The van der Waals surface area contributed by atoms with Crippen LogP contribution in [0.3, 0.4) is 0 Å². The van der Waals surface area contributed by atoms with Crippen molar-refractivity contribution < 1.29 is 44.5 Å². The Hall–Kier alpha value is -1.13. The van der Waals surface area contributed by atoms with E-state index in [2.05, 4.69) is 0 Å². The molecule has 5 N–H and O–H groups in total. The van der Waals surface area contributed by atoms with Crippen molar-refractivity contribution in [2.45, 2.75) is 61.5 Å². The molecular formula is C16H25NO9. The summed E-state index contributed by atoms with van der Waals surface area (Å²) in [5.41, 5.74) is 0.213. The molecule has 0 spiro atoms. The summed E-state index contributed by atoms with van der Waals surface area (Å²) in [6, 6.07) is 1.83. The first kappa shape index (κ1) is 21.2. The van der Waals surface area contributed by atoms with Crippen molar-refractivity contribution in [1.29, 1.82) is 5.26 Å². The van der Waals surface area contributed by atoms with Crippen LogP contribution in [0.4, 0.5) is 0 Å². The van der Waals surface area contributed by atoms with E-state index >= 15 is 0 Å². The molecule has 1 heterocycles. The molecule has 10 heteroatoms. The Morgan fingerprint density at radius 2 is 1.85 bits per heavy atom. The molecule has 0 aromatic rings. The van der Waals surface area contributed by atoms with Crippen LogP contribution < -0.4 is 0 Å². The van der Waals surface area contributed by atoms with Crippen LogP contribution in [-0.4, -0.2) is 101 Å². The SMILES string of the molecule is COC1CC(O[C@@H]2O[C@H](CO)[C@@H](O)[C@H](O)[C@H]2O)C(=CC#N)C(O)C1OC. The molecule has 1 saturated carbocycles. The Morgan fingerprint density at radius 1 is 1.15 bits per heavy atom. The first-order valence-electron chi connectivity index (χ1n) is 8.18. The summed E-state index contributed by atoms with van der Waals surface area (Å²) in [5, 5.41) is 58.5. The van der Waals surface area contributed by atoms with Crippen molar-refractivity contribution in [3.8, 4) is 6.07 Å². The van der Waals surface area contributed by atoms with Gasteiger partial charge in [0.05, 0.1) is 24.9 Å². The van der Waals surface area contributed by atoms with Gasteiger partial charge < -0.3 is 44.5 Å². The van der Waals surface area contributed by atoms with E-state index in [-0.39, 0.29) is 12.0 Å². The molecule has 26 heavy (non-hydrogen) atoms. The molecule has 0 aromatic heterocycles. The van der Waals surface area contributed by atoms with Crippen molar-refractivity contribution in [1.82, 2.24) is 0 Å².